The average molecular weight is 394 g/mol. The smallest absolute Gasteiger partial charge is 0.287 e. The van der Waals surface area contributed by atoms with E-state index in [1.165, 1.54) is 18.2 Å². The van der Waals surface area contributed by atoms with Gasteiger partial charge in [0.05, 0.1) is 11.0 Å². The van der Waals surface area contributed by atoms with E-state index in [-0.39, 0.29) is 23.2 Å². The molecule has 0 bridgehead atoms. The molecule has 9 heteroatoms. The third kappa shape index (κ3) is 5.60. The highest BCUT2D eigenvalue weighted by Gasteiger charge is 2.17. The molecule has 1 aromatic heterocycles. The predicted octanol–water partition coefficient (Wildman–Crippen LogP) is 2.98. The van der Waals surface area contributed by atoms with Crippen LogP contribution >= 0.6 is 0 Å². The van der Waals surface area contributed by atoms with Crippen LogP contribution in [0.3, 0.4) is 0 Å². The highest BCUT2D eigenvalue weighted by molar-refractivity contribution is 6.01. The Balaban J connectivity index is 1.60. The fourth-order valence-corrected chi connectivity index (χ4v) is 2.72. The standard InChI is InChI=1S/C20H18N4O5/c21-11-15(20(25)23-13-18-2-1-9-28-18)10-14-3-6-17(7-4-14)29-19-8-5-16(12-22-19)24(26)27/h3-8,10,12,18H,1-2,9,13H2,(H,23,25)/b15-10+. The van der Waals surface area contributed by atoms with E-state index in [1.54, 1.807) is 24.3 Å². The first-order valence-electron chi connectivity index (χ1n) is 8.95. The minimum Gasteiger partial charge on any atom is -0.439 e. The fourth-order valence-electron chi connectivity index (χ4n) is 2.72. The van der Waals surface area contributed by atoms with Gasteiger partial charge in [-0.2, -0.15) is 5.26 Å². The van der Waals surface area contributed by atoms with E-state index in [2.05, 4.69) is 10.3 Å². The summed E-state index contributed by atoms with van der Waals surface area (Å²) in [5.74, 6) is 0.230. The summed E-state index contributed by atoms with van der Waals surface area (Å²) in [5, 5.41) is 22.6. The van der Waals surface area contributed by atoms with Crippen molar-refractivity contribution in [3.8, 4) is 17.7 Å². The lowest BCUT2D eigenvalue weighted by molar-refractivity contribution is -0.385. The number of hydrogen-bond acceptors (Lipinski definition) is 7. The number of hydrogen-bond donors (Lipinski definition) is 1. The van der Waals surface area contributed by atoms with Gasteiger partial charge in [0.1, 0.15) is 23.6 Å². The molecule has 1 N–H and O–H groups in total. The number of rotatable bonds is 7. The average Bonchev–Trinajstić information content (AvgIpc) is 3.25. The van der Waals surface area contributed by atoms with Gasteiger partial charge in [0, 0.05) is 25.3 Å². The van der Waals surface area contributed by atoms with Crippen molar-refractivity contribution in [3.05, 3.63) is 63.8 Å². The van der Waals surface area contributed by atoms with Crippen LogP contribution in [0.4, 0.5) is 5.69 Å². The Morgan fingerprint density at radius 2 is 2.17 bits per heavy atom. The number of aromatic nitrogens is 1. The quantitative estimate of drug-likeness (QED) is 0.331. The largest absolute Gasteiger partial charge is 0.439 e. The molecule has 2 heterocycles. The molecule has 1 fully saturated rings. The molecule has 0 radical (unpaired) electrons. The molecule has 9 nitrogen and oxygen atoms in total. The van der Waals surface area contributed by atoms with Crippen LogP contribution in [-0.2, 0) is 9.53 Å². The van der Waals surface area contributed by atoms with Crippen molar-refractivity contribution in [2.75, 3.05) is 13.2 Å². The minimum atomic E-state index is -0.540. The SMILES string of the molecule is N#C/C(=C\c1ccc(Oc2ccc([N+](=O)[O-])cn2)cc1)C(=O)NCC1CCCO1. The Hall–Kier alpha value is -3.77. The molecular weight excluding hydrogens is 376 g/mol. The molecule has 1 saturated heterocycles. The van der Waals surface area contributed by atoms with Gasteiger partial charge < -0.3 is 14.8 Å². The van der Waals surface area contributed by atoms with E-state index in [0.717, 1.165) is 19.0 Å². The van der Waals surface area contributed by atoms with E-state index >= 15 is 0 Å². The van der Waals surface area contributed by atoms with E-state index in [1.807, 2.05) is 6.07 Å². The second kappa shape index (κ2) is 9.43. The Bertz CT molecular complexity index is 942. The van der Waals surface area contributed by atoms with Gasteiger partial charge >= 0.3 is 0 Å². The molecule has 0 aliphatic carbocycles. The Morgan fingerprint density at radius 3 is 2.76 bits per heavy atom. The molecule has 0 saturated carbocycles. The Labute approximate surface area is 166 Å². The zero-order chi connectivity index (χ0) is 20.6. The van der Waals surface area contributed by atoms with Crippen molar-refractivity contribution in [3.63, 3.8) is 0 Å². The molecule has 1 atom stereocenters. The molecule has 1 unspecified atom stereocenters. The van der Waals surface area contributed by atoms with Crippen molar-refractivity contribution in [2.45, 2.75) is 18.9 Å². The van der Waals surface area contributed by atoms with E-state index in [9.17, 15) is 20.2 Å². The van der Waals surface area contributed by atoms with Crippen molar-refractivity contribution in [2.24, 2.45) is 0 Å². The van der Waals surface area contributed by atoms with Crippen LogP contribution in [0.2, 0.25) is 0 Å². The molecule has 1 aliphatic rings. The second-order valence-corrected chi connectivity index (χ2v) is 6.30. The molecule has 1 aliphatic heterocycles. The lowest BCUT2D eigenvalue weighted by Gasteiger charge is -2.10. The molecule has 1 aromatic carbocycles. The number of nitrogens with zero attached hydrogens (tertiary/aromatic N) is 3. The van der Waals surface area contributed by atoms with E-state index in [0.29, 0.717) is 24.5 Å². The molecule has 2 aromatic rings. The first-order chi connectivity index (χ1) is 14.0. The maximum Gasteiger partial charge on any atom is 0.287 e. The number of ether oxygens (including phenoxy) is 2. The van der Waals surface area contributed by atoms with Crippen LogP contribution in [0.5, 0.6) is 11.6 Å². The number of nitro groups is 1. The van der Waals surface area contributed by atoms with Gasteiger partial charge in [-0.05, 0) is 36.6 Å². The summed E-state index contributed by atoms with van der Waals surface area (Å²) < 4.78 is 11.0. The number of carbonyl (C=O) groups is 1. The molecule has 0 spiro atoms. The van der Waals surface area contributed by atoms with Gasteiger partial charge in [-0.15, -0.1) is 0 Å². The van der Waals surface area contributed by atoms with Crippen molar-refractivity contribution in [1.29, 1.82) is 5.26 Å². The fraction of sp³-hybridized carbons (Fsp3) is 0.250. The van der Waals surface area contributed by atoms with Crippen LogP contribution in [0.15, 0.2) is 48.2 Å². The lowest BCUT2D eigenvalue weighted by Crippen LogP contribution is -2.32. The van der Waals surface area contributed by atoms with E-state index in [4.69, 9.17) is 9.47 Å². The zero-order valence-corrected chi connectivity index (χ0v) is 15.4. The zero-order valence-electron chi connectivity index (χ0n) is 15.4. The molecule has 3 rings (SSSR count). The normalized spacial score (nSPS) is 16.1. The summed E-state index contributed by atoms with van der Waals surface area (Å²) in [6, 6.07) is 11.3. The van der Waals surface area contributed by atoms with Crippen LogP contribution < -0.4 is 10.1 Å². The third-order valence-electron chi connectivity index (χ3n) is 4.22. The van der Waals surface area contributed by atoms with Gasteiger partial charge in [-0.1, -0.05) is 12.1 Å². The molecule has 1 amide bonds. The first-order valence-corrected chi connectivity index (χ1v) is 8.95. The van der Waals surface area contributed by atoms with Gasteiger partial charge in [0.15, 0.2) is 0 Å². The summed E-state index contributed by atoms with van der Waals surface area (Å²) in [4.78, 5) is 26.2. The molecule has 148 valence electrons. The van der Waals surface area contributed by atoms with Gasteiger partial charge in [0.25, 0.3) is 11.6 Å². The topological polar surface area (TPSA) is 127 Å². The molecule has 29 heavy (non-hydrogen) atoms. The Morgan fingerprint density at radius 1 is 1.38 bits per heavy atom. The van der Waals surface area contributed by atoms with Crippen LogP contribution in [0, 0.1) is 21.4 Å². The number of carbonyl (C=O) groups excluding carboxylic acids is 1. The van der Waals surface area contributed by atoms with E-state index < -0.39 is 10.8 Å². The lowest BCUT2D eigenvalue weighted by atomic mass is 10.1. The highest BCUT2D eigenvalue weighted by Crippen LogP contribution is 2.22. The van der Waals surface area contributed by atoms with Crippen LogP contribution in [-0.4, -0.2) is 35.1 Å². The van der Waals surface area contributed by atoms with Crippen molar-refractivity contribution < 1.29 is 19.2 Å². The number of amides is 1. The van der Waals surface area contributed by atoms with Gasteiger partial charge in [-0.3, -0.25) is 14.9 Å². The van der Waals surface area contributed by atoms with Crippen molar-refractivity contribution in [1.82, 2.24) is 10.3 Å². The third-order valence-corrected chi connectivity index (χ3v) is 4.22. The number of pyridine rings is 1. The Kier molecular flexibility index (Phi) is 6.50. The monoisotopic (exact) mass is 394 g/mol. The maximum atomic E-state index is 12.2. The minimum absolute atomic E-state index is 0.00311. The summed E-state index contributed by atoms with van der Waals surface area (Å²) >= 11 is 0. The summed E-state index contributed by atoms with van der Waals surface area (Å²) in [6.45, 7) is 1.08. The van der Waals surface area contributed by atoms with Crippen LogP contribution in [0.25, 0.3) is 6.08 Å². The number of benzene rings is 1. The maximum absolute atomic E-state index is 12.2. The van der Waals surface area contributed by atoms with Crippen LogP contribution in [0.1, 0.15) is 18.4 Å². The second-order valence-electron chi connectivity index (χ2n) is 6.30. The summed E-state index contributed by atoms with van der Waals surface area (Å²) in [6.07, 6.45) is 4.48. The van der Waals surface area contributed by atoms with Gasteiger partial charge in [0.2, 0.25) is 5.88 Å². The number of nitriles is 1. The summed E-state index contributed by atoms with van der Waals surface area (Å²) in [5.41, 5.74) is 0.520. The number of nitrogens with one attached hydrogen (secondary N) is 1. The predicted molar refractivity (Wildman–Crippen MR) is 103 cm³/mol. The summed E-state index contributed by atoms with van der Waals surface area (Å²) in [7, 11) is 0. The van der Waals surface area contributed by atoms with Crippen molar-refractivity contribution >= 4 is 17.7 Å². The highest BCUT2D eigenvalue weighted by atomic mass is 16.6. The molecular formula is C20H18N4O5. The van der Waals surface area contributed by atoms with Gasteiger partial charge in [-0.25, -0.2) is 4.98 Å². The first kappa shape index (κ1) is 20.0.